The standard InChI is InChI=1S/C15H15N3OS/c1-10-2-4-11(5-3-10)14(19)17-12-6-8-13(9-7-12)18-15(16)20/h2-9H,1H3,(H,17,19)(H3,16,18,20). The molecule has 0 bridgehead atoms. The third-order valence-corrected chi connectivity index (χ3v) is 2.83. The lowest BCUT2D eigenvalue weighted by Gasteiger charge is -2.07. The van der Waals surface area contributed by atoms with Crippen molar-refractivity contribution in [2.75, 3.05) is 10.6 Å². The number of amides is 1. The van der Waals surface area contributed by atoms with Gasteiger partial charge in [-0.15, -0.1) is 0 Å². The molecule has 0 heterocycles. The van der Waals surface area contributed by atoms with Gasteiger partial charge in [-0.3, -0.25) is 4.79 Å². The first-order valence-electron chi connectivity index (χ1n) is 6.09. The first-order chi connectivity index (χ1) is 9.54. The summed E-state index contributed by atoms with van der Waals surface area (Å²) in [6.45, 7) is 1.98. The van der Waals surface area contributed by atoms with Gasteiger partial charge in [0.25, 0.3) is 5.91 Å². The monoisotopic (exact) mass is 285 g/mol. The SMILES string of the molecule is Cc1ccc(C(=O)Nc2ccc(NC(N)=S)cc2)cc1. The minimum absolute atomic E-state index is 0.139. The smallest absolute Gasteiger partial charge is 0.255 e. The fraction of sp³-hybridized carbons (Fsp3) is 0.0667. The summed E-state index contributed by atoms with van der Waals surface area (Å²) in [4.78, 5) is 12.0. The summed E-state index contributed by atoms with van der Waals surface area (Å²) in [6, 6.07) is 14.6. The average molecular weight is 285 g/mol. The molecule has 4 N–H and O–H groups in total. The predicted molar refractivity (Wildman–Crippen MR) is 86.0 cm³/mol. The Morgan fingerprint density at radius 1 is 0.950 bits per heavy atom. The van der Waals surface area contributed by atoms with E-state index in [4.69, 9.17) is 18.0 Å². The van der Waals surface area contributed by atoms with Crippen molar-refractivity contribution in [2.45, 2.75) is 6.92 Å². The highest BCUT2D eigenvalue weighted by molar-refractivity contribution is 7.80. The molecular formula is C15H15N3OS. The molecule has 0 radical (unpaired) electrons. The van der Waals surface area contributed by atoms with E-state index in [1.165, 1.54) is 0 Å². The maximum atomic E-state index is 12.0. The van der Waals surface area contributed by atoms with Crippen LogP contribution in [0.15, 0.2) is 48.5 Å². The second kappa shape index (κ2) is 6.16. The highest BCUT2D eigenvalue weighted by atomic mass is 32.1. The van der Waals surface area contributed by atoms with Crippen molar-refractivity contribution in [3.05, 3.63) is 59.7 Å². The second-order valence-corrected chi connectivity index (χ2v) is 4.83. The third-order valence-electron chi connectivity index (χ3n) is 2.72. The Morgan fingerprint density at radius 3 is 1.95 bits per heavy atom. The zero-order valence-electron chi connectivity index (χ0n) is 11.0. The van der Waals surface area contributed by atoms with Crippen LogP contribution in [-0.4, -0.2) is 11.0 Å². The van der Waals surface area contributed by atoms with E-state index in [0.717, 1.165) is 11.3 Å². The number of anilines is 2. The molecule has 0 spiro atoms. The fourth-order valence-corrected chi connectivity index (χ4v) is 1.81. The number of thiocarbonyl (C=S) groups is 1. The summed E-state index contributed by atoms with van der Waals surface area (Å²) in [5, 5.41) is 5.86. The molecule has 1 amide bonds. The number of carbonyl (C=O) groups excluding carboxylic acids is 1. The van der Waals surface area contributed by atoms with Crippen LogP contribution in [0, 0.1) is 6.92 Å². The lowest BCUT2D eigenvalue weighted by molar-refractivity contribution is 0.102. The molecule has 0 aliphatic rings. The molecule has 0 unspecified atom stereocenters. The summed E-state index contributed by atoms with van der Waals surface area (Å²) >= 11 is 4.75. The van der Waals surface area contributed by atoms with Gasteiger partial charge in [0.05, 0.1) is 0 Å². The van der Waals surface area contributed by atoms with Crippen molar-refractivity contribution < 1.29 is 4.79 Å². The number of nitrogens with one attached hydrogen (secondary N) is 2. The first-order valence-corrected chi connectivity index (χ1v) is 6.50. The molecule has 0 atom stereocenters. The Hall–Kier alpha value is -2.40. The van der Waals surface area contributed by atoms with E-state index < -0.39 is 0 Å². The largest absolute Gasteiger partial charge is 0.376 e. The zero-order valence-corrected chi connectivity index (χ0v) is 11.8. The normalized spacial score (nSPS) is 9.85. The molecule has 102 valence electrons. The molecule has 0 aromatic heterocycles. The first kappa shape index (κ1) is 14.0. The van der Waals surface area contributed by atoms with Crippen LogP contribution in [0.3, 0.4) is 0 Å². The second-order valence-electron chi connectivity index (χ2n) is 4.39. The highest BCUT2D eigenvalue weighted by Gasteiger charge is 2.05. The van der Waals surface area contributed by atoms with Crippen LogP contribution in [0.2, 0.25) is 0 Å². The molecule has 2 aromatic rings. The minimum atomic E-state index is -0.139. The lowest BCUT2D eigenvalue weighted by atomic mass is 10.1. The summed E-state index contributed by atoms with van der Waals surface area (Å²) in [6.07, 6.45) is 0. The Balaban J connectivity index is 2.04. The molecule has 2 aromatic carbocycles. The molecule has 0 saturated heterocycles. The van der Waals surface area contributed by atoms with E-state index in [0.29, 0.717) is 11.3 Å². The van der Waals surface area contributed by atoms with Gasteiger partial charge in [-0.25, -0.2) is 0 Å². The fourth-order valence-electron chi connectivity index (χ4n) is 1.69. The van der Waals surface area contributed by atoms with E-state index in [9.17, 15) is 4.79 Å². The predicted octanol–water partition coefficient (Wildman–Crippen LogP) is 2.90. The van der Waals surface area contributed by atoms with Crippen molar-refractivity contribution in [3.8, 4) is 0 Å². The van der Waals surface area contributed by atoms with Crippen molar-refractivity contribution in [1.82, 2.24) is 0 Å². The molecule has 20 heavy (non-hydrogen) atoms. The van der Waals surface area contributed by atoms with Crippen molar-refractivity contribution in [3.63, 3.8) is 0 Å². The summed E-state index contributed by atoms with van der Waals surface area (Å²) in [5.41, 5.74) is 8.62. The van der Waals surface area contributed by atoms with Crippen molar-refractivity contribution >= 4 is 34.6 Å². The van der Waals surface area contributed by atoms with Gasteiger partial charge in [-0.2, -0.15) is 0 Å². The molecule has 4 nitrogen and oxygen atoms in total. The summed E-state index contributed by atoms with van der Waals surface area (Å²) in [5.74, 6) is -0.139. The number of hydrogen-bond donors (Lipinski definition) is 3. The molecule has 0 fully saturated rings. The van der Waals surface area contributed by atoms with Crippen LogP contribution >= 0.6 is 12.2 Å². The van der Waals surface area contributed by atoms with Crippen LogP contribution in [0.5, 0.6) is 0 Å². The number of hydrogen-bond acceptors (Lipinski definition) is 2. The number of rotatable bonds is 3. The molecule has 0 saturated carbocycles. The van der Waals surface area contributed by atoms with E-state index in [1.54, 1.807) is 36.4 Å². The van der Waals surface area contributed by atoms with Gasteiger partial charge < -0.3 is 16.4 Å². The molecule has 2 rings (SSSR count). The maximum absolute atomic E-state index is 12.0. The molecule has 0 aliphatic heterocycles. The Bertz CT molecular complexity index is 621. The van der Waals surface area contributed by atoms with Crippen LogP contribution in [0.25, 0.3) is 0 Å². The lowest BCUT2D eigenvalue weighted by Crippen LogP contribution is -2.18. The molecule has 0 aliphatic carbocycles. The third kappa shape index (κ3) is 3.80. The van der Waals surface area contributed by atoms with Crippen LogP contribution in [0.1, 0.15) is 15.9 Å². The van der Waals surface area contributed by atoms with E-state index in [-0.39, 0.29) is 11.0 Å². The highest BCUT2D eigenvalue weighted by Crippen LogP contribution is 2.14. The zero-order chi connectivity index (χ0) is 14.5. The summed E-state index contributed by atoms with van der Waals surface area (Å²) in [7, 11) is 0. The van der Waals surface area contributed by atoms with Crippen LogP contribution < -0.4 is 16.4 Å². The average Bonchev–Trinajstić information content (AvgIpc) is 2.41. The minimum Gasteiger partial charge on any atom is -0.376 e. The van der Waals surface area contributed by atoms with Gasteiger partial charge in [-0.1, -0.05) is 17.7 Å². The molecular weight excluding hydrogens is 270 g/mol. The number of aryl methyl sites for hydroxylation is 1. The number of nitrogens with two attached hydrogens (primary N) is 1. The quantitative estimate of drug-likeness (QED) is 0.759. The van der Waals surface area contributed by atoms with Crippen LogP contribution in [-0.2, 0) is 0 Å². The van der Waals surface area contributed by atoms with Crippen LogP contribution in [0.4, 0.5) is 11.4 Å². The number of carbonyl (C=O) groups is 1. The maximum Gasteiger partial charge on any atom is 0.255 e. The van der Waals surface area contributed by atoms with Crippen molar-refractivity contribution in [1.29, 1.82) is 0 Å². The molecule has 5 heteroatoms. The van der Waals surface area contributed by atoms with Gasteiger partial charge in [-0.05, 0) is 55.5 Å². The van der Waals surface area contributed by atoms with E-state index in [2.05, 4.69) is 10.6 Å². The van der Waals surface area contributed by atoms with E-state index >= 15 is 0 Å². The Kier molecular flexibility index (Phi) is 4.32. The van der Waals surface area contributed by atoms with E-state index in [1.807, 2.05) is 19.1 Å². The Morgan fingerprint density at radius 2 is 1.45 bits per heavy atom. The van der Waals surface area contributed by atoms with Crippen molar-refractivity contribution in [2.24, 2.45) is 5.73 Å². The van der Waals surface area contributed by atoms with Gasteiger partial charge in [0.15, 0.2) is 5.11 Å². The Labute approximate surface area is 123 Å². The topological polar surface area (TPSA) is 67.2 Å². The van der Waals surface area contributed by atoms with Gasteiger partial charge in [0.1, 0.15) is 0 Å². The number of benzene rings is 2. The van der Waals surface area contributed by atoms with Gasteiger partial charge >= 0.3 is 0 Å². The summed E-state index contributed by atoms with van der Waals surface area (Å²) < 4.78 is 0. The van der Waals surface area contributed by atoms with Gasteiger partial charge in [0.2, 0.25) is 0 Å². The van der Waals surface area contributed by atoms with Gasteiger partial charge in [0, 0.05) is 16.9 Å².